The lowest BCUT2D eigenvalue weighted by molar-refractivity contribution is 0.129. The van der Waals surface area contributed by atoms with E-state index in [1.54, 1.807) is 17.4 Å². The van der Waals surface area contributed by atoms with Crippen molar-refractivity contribution in [1.82, 2.24) is 4.98 Å². The molecule has 0 aliphatic carbocycles. The highest BCUT2D eigenvalue weighted by Crippen LogP contribution is 2.39. The highest BCUT2D eigenvalue weighted by atomic mass is 35.5. The third kappa shape index (κ3) is 3.42. The van der Waals surface area contributed by atoms with Gasteiger partial charge in [0.05, 0.1) is 22.1 Å². The first-order valence-electron chi connectivity index (χ1n) is 6.55. The zero-order chi connectivity index (χ0) is 15.5. The molecule has 0 saturated carbocycles. The Morgan fingerprint density at radius 1 is 1.50 bits per heavy atom. The molecule has 0 radical (unpaired) electrons. The van der Waals surface area contributed by atoms with E-state index in [2.05, 4.69) is 10.1 Å². The normalized spacial score (nSPS) is 13.5. The second-order valence-electron chi connectivity index (χ2n) is 4.70. The van der Waals surface area contributed by atoms with Gasteiger partial charge in [0, 0.05) is 5.38 Å². The summed E-state index contributed by atoms with van der Waals surface area (Å²) in [6.45, 7) is 2.37. The molecule has 1 aliphatic heterocycles. The number of aryl methyl sites for hydroxylation is 1. The van der Waals surface area contributed by atoms with Gasteiger partial charge in [0.25, 0.3) is 0 Å². The first-order valence-corrected chi connectivity index (χ1v) is 7.81. The van der Waals surface area contributed by atoms with E-state index in [1.165, 1.54) is 0 Å². The van der Waals surface area contributed by atoms with E-state index in [4.69, 9.17) is 31.6 Å². The van der Waals surface area contributed by atoms with Crippen molar-refractivity contribution in [3.63, 3.8) is 0 Å². The van der Waals surface area contributed by atoms with Crippen LogP contribution in [0.5, 0.6) is 11.5 Å². The fraction of sp³-hybridized carbons (Fsp3) is 0.286. The first-order chi connectivity index (χ1) is 10.6. The van der Waals surface area contributed by atoms with Crippen molar-refractivity contribution in [3.05, 3.63) is 38.8 Å². The number of hydrogen-bond donors (Lipinski definition) is 1. The van der Waals surface area contributed by atoms with E-state index >= 15 is 0 Å². The molecule has 116 valence electrons. The molecule has 0 amide bonds. The number of rotatable bonds is 5. The molecule has 0 fully saturated rings. The quantitative estimate of drug-likeness (QED) is 0.515. The number of nitrogens with zero attached hydrogens (tertiary/aromatic N) is 2. The molecule has 2 N–H and O–H groups in total. The number of fused-ring (bicyclic) bond motifs is 1. The highest BCUT2D eigenvalue weighted by molar-refractivity contribution is 7.09. The predicted molar refractivity (Wildman–Crippen MR) is 84.5 cm³/mol. The van der Waals surface area contributed by atoms with E-state index in [0.29, 0.717) is 28.8 Å². The summed E-state index contributed by atoms with van der Waals surface area (Å²) >= 11 is 7.67. The molecular formula is C14H14ClN3O3S. The van der Waals surface area contributed by atoms with Gasteiger partial charge in [-0.25, -0.2) is 4.98 Å². The third-order valence-electron chi connectivity index (χ3n) is 2.93. The summed E-state index contributed by atoms with van der Waals surface area (Å²) in [6, 6.07) is 3.56. The zero-order valence-corrected chi connectivity index (χ0v) is 13.4. The molecule has 22 heavy (non-hydrogen) atoms. The molecule has 0 bridgehead atoms. The Hall–Kier alpha value is -1.99. The molecule has 1 aliphatic rings. The van der Waals surface area contributed by atoms with Crippen molar-refractivity contribution < 1.29 is 14.3 Å². The molecular weight excluding hydrogens is 326 g/mol. The van der Waals surface area contributed by atoms with E-state index in [9.17, 15) is 0 Å². The summed E-state index contributed by atoms with van der Waals surface area (Å²) in [5, 5.41) is 7.33. The molecule has 1 aromatic carbocycles. The van der Waals surface area contributed by atoms with Crippen LogP contribution in [0.3, 0.4) is 0 Å². The van der Waals surface area contributed by atoms with Crippen molar-refractivity contribution in [3.8, 4) is 11.5 Å². The molecule has 8 heteroatoms. The lowest BCUT2D eigenvalue weighted by Crippen LogP contribution is -2.15. The lowest BCUT2D eigenvalue weighted by Gasteiger charge is -2.05. The summed E-state index contributed by atoms with van der Waals surface area (Å²) in [7, 11) is 0. The fourth-order valence-electron chi connectivity index (χ4n) is 2.00. The smallest absolute Gasteiger partial charge is 0.231 e. The van der Waals surface area contributed by atoms with Gasteiger partial charge in [-0.3, -0.25) is 0 Å². The Kier molecular flexibility index (Phi) is 4.35. The van der Waals surface area contributed by atoms with Gasteiger partial charge in [0.15, 0.2) is 11.5 Å². The first kappa shape index (κ1) is 14.9. The average molecular weight is 340 g/mol. The molecule has 6 nitrogen and oxygen atoms in total. The lowest BCUT2D eigenvalue weighted by atomic mass is 10.2. The van der Waals surface area contributed by atoms with Gasteiger partial charge in [-0.1, -0.05) is 16.8 Å². The van der Waals surface area contributed by atoms with Gasteiger partial charge in [-0.2, -0.15) is 0 Å². The monoisotopic (exact) mass is 339 g/mol. The third-order valence-corrected chi connectivity index (χ3v) is 4.03. The fourth-order valence-corrected chi connectivity index (χ4v) is 2.90. The Bertz CT molecular complexity index is 717. The van der Waals surface area contributed by atoms with Gasteiger partial charge in [-0.05, 0) is 24.6 Å². The molecule has 3 rings (SSSR count). The van der Waals surface area contributed by atoms with E-state index < -0.39 is 0 Å². The van der Waals surface area contributed by atoms with Crippen molar-refractivity contribution in [1.29, 1.82) is 0 Å². The summed E-state index contributed by atoms with van der Waals surface area (Å²) in [4.78, 5) is 9.58. The molecule has 1 aromatic heterocycles. The van der Waals surface area contributed by atoms with Gasteiger partial charge >= 0.3 is 0 Å². The molecule has 0 atom stereocenters. The Labute approximate surface area is 136 Å². The number of benzene rings is 1. The molecule has 0 unspecified atom stereocenters. The molecule has 2 heterocycles. The van der Waals surface area contributed by atoms with Crippen LogP contribution in [-0.2, 0) is 17.9 Å². The second-order valence-corrected chi connectivity index (χ2v) is 6.17. The number of ether oxygens (including phenoxy) is 2. The van der Waals surface area contributed by atoms with Crippen molar-refractivity contribution in [2.45, 2.75) is 20.0 Å². The van der Waals surface area contributed by atoms with Crippen LogP contribution in [0, 0.1) is 6.92 Å². The van der Waals surface area contributed by atoms with Crippen molar-refractivity contribution in [2.24, 2.45) is 10.9 Å². The summed E-state index contributed by atoms with van der Waals surface area (Å²) in [5.74, 6) is 1.55. The number of thiazole rings is 1. The van der Waals surface area contributed by atoms with Crippen LogP contribution in [0.2, 0.25) is 5.02 Å². The van der Waals surface area contributed by atoms with Gasteiger partial charge in [-0.15, -0.1) is 11.3 Å². The summed E-state index contributed by atoms with van der Waals surface area (Å²) in [6.07, 6.45) is 0.465. The van der Waals surface area contributed by atoms with Crippen LogP contribution in [0.4, 0.5) is 0 Å². The maximum Gasteiger partial charge on any atom is 0.231 e. The number of hydrogen-bond acceptors (Lipinski definition) is 6. The largest absolute Gasteiger partial charge is 0.454 e. The number of amidine groups is 1. The number of nitrogens with two attached hydrogens (primary N) is 1. The maximum absolute atomic E-state index is 6.10. The summed E-state index contributed by atoms with van der Waals surface area (Å²) in [5.41, 5.74) is 7.53. The van der Waals surface area contributed by atoms with Crippen LogP contribution in [-0.4, -0.2) is 17.6 Å². The summed E-state index contributed by atoms with van der Waals surface area (Å²) < 4.78 is 10.5. The topological polar surface area (TPSA) is 79.0 Å². The second kappa shape index (κ2) is 6.41. The Morgan fingerprint density at radius 3 is 3.14 bits per heavy atom. The average Bonchev–Trinajstić information content (AvgIpc) is 3.08. The van der Waals surface area contributed by atoms with E-state index in [-0.39, 0.29) is 13.4 Å². The predicted octanol–water partition coefficient (Wildman–Crippen LogP) is 2.87. The minimum Gasteiger partial charge on any atom is -0.454 e. The standard InChI is InChI=1S/C14H14ClN3O3S/c1-8-17-10(6-22-8)4-13(16)18-21-5-9-2-11(15)14-12(3-9)19-7-20-14/h2-3,6H,4-5,7H2,1H3,(H2,16,18). The SMILES string of the molecule is Cc1nc(C/C(N)=N/OCc2cc(Cl)c3c(c2)OCO3)cs1. The molecule has 0 saturated heterocycles. The van der Waals surface area contributed by atoms with Crippen LogP contribution in [0.1, 0.15) is 16.3 Å². The van der Waals surface area contributed by atoms with Crippen LogP contribution >= 0.6 is 22.9 Å². The zero-order valence-electron chi connectivity index (χ0n) is 11.8. The van der Waals surface area contributed by atoms with Crippen LogP contribution in [0.25, 0.3) is 0 Å². The molecule has 2 aromatic rings. The molecule has 0 spiro atoms. The Balaban J connectivity index is 1.58. The van der Waals surface area contributed by atoms with Crippen molar-refractivity contribution in [2.75, 3.05) is 6.79 Å². The van der Waals surface area contributed by atoms with Crippen LogP contribution in [0.15, 0.2) is 22.7 Å². The number of oxime groups is 1. The number of aromatic nitrogens is 1. The van der Waals surface area contributed by atoms with Gasteiger partial charge in [0.2, 0.25) is 6.79 Å². The maximum atomic E-state index is 6.10. The van der Waals surface area contributed by atoms with Gasteiger partial charge < -0.3 is 20.0 Å². The van der Waals surface area contributed by atoms with E-state index in [0.717, 1.165) is 16.3 Å². The number of halogens is 1. The highest BCUT2D eigenvalue weighted by Gasteiger charge is 2.18. The van der Waals surface area contributed by atoms with E-state index in [1.807, 2.05) is 18.4 Å². The minimum atomic E-state index is 0.178. The van der Waals surface area contributed by atoms with Gasteiger partial charge in [0.1, 0.15) is 12.4 Å². The minimum absolute atomic E-state index is 0.178. The Morgan fingerprint density at radius 2 is 2.36 bits per heavy atom. The van der Waals surface area contributed by atoms with Crippen molar-refractivity contribution >= 4 is 28.8 Å². The van der Waals surface area contributed by atoms with Crippen LogP contribution < -0.4 is 15.2 Å².